The molecule has 0 spiro atoms. The van der Waals surface area contributed by atoms with E-state index in [1.54, 1.807) is 24.3 Å². The van der Waals surface area contributed by atoms with Gasteiger partial charge in [-0.1, -0.05) is 29.4 Å². The average Bonchev–Trinajstić information content (AvgIpc) is 2.89. The molecule has 2 rings (SSSR count). The van der Waals surface area contributed by atoms with Crippen LogP contribution in [-0.4, -0.2) is 23.8 Å². The second kappa shape index (κ2) is 6.02. The fraction of sp³-hybridized carbons (Fsp3) is 0.333. The van der Waals surface area contributed by atoms with Crippen molar-refractivity contribution < 1.29 is 22.5 Å². The number of alkyl halides is 3. The van der Waals surface area contributed by atoms with Crippen LogP contribution in [-0.2, 0) is 17.4 Å². The van der Waals surface area contributed by atoms with Crippen LogP contribution in [0.2, 0.25) is 0 Å². The summed E-state index contributed by atoms with van der Waals surface area (Å²) in [5.74, 6) is -1.43. The van der Waals surface area contributed by atoms with E-state index >= 15 is 0 Å². The minimum absolute atomic E-state index is 0.0844. The largest absolute Gasteiger partial charge is 0.471 e. The predicted octanol–water partition coefficient (Wildman–Crippen LogP) is 2.45. The fourth-order valence-corrected chi connectivity index (χ4v) is 1.57. The van der Waals surface area contributed by atoms with Crippen LogP contribution in [0, 0.1) is 0 Å². The zero-order valence-electron chi connectivity index (χ0n) is 10.6. The Hall–Kier alpha value is -1.93. The van der Waals surface area contributed by atoms with Crippen LogP contribution in [0.1, 0.15) is 11.5 Å². The van der Waals surface area contributed by atoms with Gasteiger partial charge in [0, 0.05) is 12.1 Å². The van der Waals surface area contributed by atoms with Gasteiger partial charge >= 0.3 is 12.1 Å². The van der Waals surface area contributed by atoms with Crippen LogP contribution in [0.4, 0.5) is 13.2 Å². The molecule has 0 aliphatic rings. The van der Waals surface area contributed by atoms with E-state index in [0.717, 1.165) is 12.0 Å². The van der Waals surface area contributed by atoms with E-state index in [1.807, 2.05) is 0 Å². The average molecular weight is 287 g/mol. The molecular formula is C12H12F3N3O2. The number of halogens is 3. The standard InChI is InChI=1S/C12H12F3N3O2/c1-19-16-7-6-8-2-4-9(5-3-8)10-17-11(20-18-10)12(13,14)15/h2-5,16H,6-7H2,1H3. The van der Waals surface area contributed by atoms with Crippen LogP contribution in [0.5, 0.6) is 0 Å². The normalized spacial score (nSPS) is 11.8. The molecule has 0 bridgehead atoms. The van der Waals surface area contributed by atoms with Crippen molar-refractivity contribution in [1.29, 1.82) is 0 Å². The van der Waals surface area contributed by atoms with Crippen molar-refractivity contribution in [1.82, 2.24) is 15.6 Å². The Balaban J connectivity index is 2.08. The molecular weight excluding hydrogens is 275 g/mol. The first-order chi connectivity index (χ1) is 9.50. The lowest BCUT2D eigenvalue weighted by molar-refractivity contribution is -0.159. The molecule has 0 saturated carbocycles. The molecule has 0 amide bonds. The van der Waals surface area contributed by atoms with Crippen molar-refractivity contribution >= 4 is 0 Å². The molecule has 1 aromatic carbocycles. The van der Waals surface area contributed by atoms with Gasteiger partial charge in [0.15, 0.2) is 0 Å². The van der Waals surface area contributed by atoms with E-state index in [4.69, 9.17) is 4.84 Å². The number of hydroxylamine groups is 1. The van der Waals surface area contributed by atoms with Crippen molar-refractivity contribution in [3.05, 3.63) is 35.7 Å². The summed E-state index contributed by atoms with van der Waals surface area (Å²) in [4.78, 5) is 8.02. The highest BCUT2D eigenvalue weighted by molar-refractivity contribution is 5.54. The van der Waals surface area contributed by atoms with Crippen molar-refractivity contribution in [3.8, 4) is 11.4 Å². The van der Waals surface area contributed by atoms with E-state index in [0.29, 0.717) is 12.1 Å². The number of hydrogen-bond donors (Lipinski definition) is 1. The first-order valence-electron chi connectivity index (χ1n) is 5.77. The molecule has 0 unspecified atom stereocenters. The molecule has 1 aromatic heterocycles. The summed E-state index contributed by atoms with van der Waals surface area (Å²) in [6.07, 6.45) is -3.90. The highest BCUT2D eigenvalue weighted by Crippen LogP contribution is 2.29. The summed E-state index contributed by atoms with van der Waals surface area (Å²) in [7, 11) is 1.53. The molecule has 2 aromatic rings. The lowest BCUT2D eigenvalue weighted by Gasteiger charge is -2.02. The van der Waals surface area contributed by atoms with Gasteiger partial charge in [0.2, 0.25) is 5.82 Å². The van der Waals surface area contributed by atoms with Crippen LogP contribution in [0.25, 0.3) is 11.4 Å². The summed E-state index contributed by atoms with van der Waals surface area (Å²) in [5.41, 5.74) is 4.18. The van der Waals surface area contributed by atoms with Gasteiger partial charge in [0.1, 0.15) is 0 Å². The monoisotopic (exact) mass is 287 g/mol. The summed E-state index contributed by atoms with van der Waals surface area (Å²) in [6.45, 7) is 0.635. The highest BCUT2D eigenvalue weighted by Gasteiger charge is 2.38. The number of aromatic nitrogens is 2. The number of nitrogens with zero attached hydrogens (tertiary/aromatic N) is 2. The molecule has 0 atom stereocenters. The minimum Gasteiger partial charge on any atom is -0.329 e. The number of hydrogen-bond acceptors (Lipinski definition) is 5. The van der Waals surface area contributed by atoms with Crippen LogP contribution >= 0.6 is 0 Å². The Kier molecular flexibility index (Phi) is 4.35. The molecule has 1 heterocycles. The lowest BCUT2D eigenvalue weighted by atomic mass is 10.1. The SMILES string of the molecule is CONCCc1ccc(-c2noc(C(F)(F)F)n2)cc1. The minimum atomic E-state index is -4.63. The Bertz CT molecular complexity index is 552. The number of nitrogens with one attached hydrogen (secondary N) is 1. The summed E-state index contributed by atoms with van der Waals surface area (Å²) in [6, 6.07) is 6.87. The molecule has 5 nitrogen and oxygen atoms in total. The van der Waals surface area contributed by atoms with E-state index in [-0.39, 0.29) is 5.82 Å². The van der Waals surface area contributed by atoms with Gasteiger partial charge in [-0.2, -0.15) is 18.2 Å². The van der Waals surface area contributed by atoms with Gasteiger partial charge in [-0.15, -0.1) is 0 Å². The van der Waals surface area contributed by atoms with Gasteiger partial charge < -0.3 is 9.36 Å². The zero-order valence-corrected chi connectivity index (χ0v) is 10.6. The van der Waals surface area contributed by atoms with Gasteiger partial charge in [0.05, 0.1) is 7.11 Å². The third-order valence-corrected chi connectivity index (χ3v) is 2.54. The smallest absolute Gasteiger partial charge is 0.329 e. The van der Waals surface area contributed by atoms with Gasteiger partial charge in [-0.25, -0.2) is 5.48 Å². The number of benzene rings is 1. The van der Waals surface area contributed by atoms with Crippen LogP contribution in [0.3, 0.4) is 0 Å². The molecule has 8 heteroatoms. The van der Waals surface area contributed by atoms with Crippen molar-refractivity contribution in [3.63, 3.8) is 0 Å². The Morgan fingerprint density at radius 1 is 1.25 bits per heavy atom. The maximum absolute atomic E-state index is 12.3. The third kappa shape index (κ3) is 3.55. The second-order valence-corrected chi connectivity index (χ2v) is 3.97. The van der Waals surface area contributed by atoms with Crippen LogP contribution < -0.4 is 5.48 Å². The molecule has 1 N–H and O–H groups in total. The first kappa shape index (κ1) is 14.5. The molecule has 0 radical (unpaired) electrons. The second-order valence-electron chi connectivity index (χ2n) is 3.97. The summed E-state index contributed by atoms with van der Waals surface area (Å²) < 4.78 is 41.2. The van der Waals surface area contributed by atoms with Gasteiger partial charge in [-0.3, -0.25) is 0 Å². The highest BCUT2D eigenvalue weighted by atomic mass is 19.4. The summed E-state index contributed by atoms with van der Waals surface area (Å²) in [5, 5.41) is 3.32. The first-order valence-corrected chi connectivity index (χ1v) is 5.77. The van der Waals surface area contributed by atoms with Gasteiger partial charge in [-0.05, 0) is 12.0 Å². The number of rotatable bonds is 5. The predicted molar refractivity (Wildman–Crippen MR) is 63.5 cm³/mol. The van der Waals surface area contributed by atoms with E-state index < -0.39 is 12.1 Å². The molecule has 0 aliphatic heterocycles. The fourth-order valence-electron chi connectivity index (χ4n) is 1.57. The maximum atomic E-state index is 12.3. The van der Waals surface area contributed by atoms with Crippen LogP contribution in [0.15, 0.2) is 28.8 Å². The Labute approximate surface area is 112 Å². The Morgan fingerprint density at radius 2 is 1.95 bits per heavy atom. The van der Waals surface area contributed by atoms with E-state index in [2.05, 4.69) is 20.1 Å². The van der Waals surface area contributed by atoms with Crippen molar-refractivity contribution in [2.24, 2.45) is 0 Å². The third-order valence-electron chi connectivity index (χ3n) is 2.54. The molecule has 0 fully saturated rings. The molecule has 0 saturated heterocycles. The summed E-state index contributed by atoms with van der Waals surface area (Å²) >= 11 is 0. The molecule has 0 aliphatic carbocycles. The maximum Gasteiger partial charge on any atom is 0.471 e. The Morgan fingerprint density at radius 3 is 2.50 bits per heavy atom. The topological polar surface area (TPSA) is 60.2 Å². The quantitative estimate of drug-likeness (QED) is 0.676. The molecule has 20 heavy (non-hydrogen) atoms. The lowest BCUT2D eigenvalue weighted by Crippen LogP contribution is -2.14. The van der Waals surface area contributed by atoms with E-state index in [1.165, 1.54) is 7.11 Å². The van der Waals surface area contributed by atoms with Gasteiger partial charge in [0.25, 0.3) is 0 Å². The zero-order chi connectivity index (χ0) is 14.6. The van der Waals surface area contributed by atoms with Crippen molar-refractivity contribution in [2.75, 3.05) is 13.7 Å². The molecule has 108 valence electrons. The van der Waals surface area contributed by atoms with E-state index in [9.17, 15) is 13.2 Å². The van der Waals surface area contributed by atoms with Crippen molar-refractivity contribution in [2.45, 2.75) is 12.6 Å².